The maximum Gasteiger partial charge on any atom is 0.229 e. The maximum absolute atomic E-state index is 12.8. The van der Waals surface area contributed by atoms with Crippen LogP contribution in [0.3, 0.4) is 0 Å². The molecule has 1 amide bonds. The van der Waals surface area contributed by atoms with E-state index in [9.17, 15) is 4.79 Å². The number of carbonyl (C=O) groups excluding carboxylic acids is 1. The van der Waals surface area contributed by atoms with Gasteiger partial charge in [-0.05, 0) is 19.4 Å². The van der Waals surface area contributed by atoms with Crippen LogP contribution in [-0.2, 0) is 9.53 Å². The molecule has 0 aromatic rings. The minimum Gasteiger partial charge on any atom is -0.379 e. The van der Waals surface area contributed by atoms with E-state index in [-0.39, 0.29) is 12.0 Å². The van der Waals surface area contributed by atoms with Crippen molar-refractivity contribution in [2.75, 3.05) is 32.8 Å². The first kappa shape index (κ1) is 18.4. The molecule has 0 saturated carbocycles. The lowest BCUT2D eigenvalue weighted by Gasteiger charge is -2.28. The third kappa shape index (κ3) is 6.35. The second kappa shape index (κ2) is 11.0. The molecular weight excluding hydrogens is 264 g/mol. The molecule has 1 N–H and O–H groups in total. The van der Waals surface area contributed by atoms with Gasteiger partial charge >= 0.3 is 0 Å². The minimum atomic E-state index is 0.00760. The Labute approximate surface area is 130 Å². The number of likely N-dealkylation sites (N-methyl/N-ethyl adjacent to an activating group) is 1. The van der Waals surface area contributed by atoms with Crippen molar-refractivity contribution in [3.63, 3.8) is 0 Å². The van der Waals surface area contributed by atoms with Crippen LogP contribution in [0.1, 0.15) is 59.3 Å². The molecule has 0 spiro atoms. The van der Waals surface area contributed by atoms with E-state index in [0.29, 0.717) is 19.1 Å². The smallest absolute Gasteiger partial charge is 0.229 e. The summed E-state index contributed by atoms with van der Waals surface area (Å²) in [7, 11) is 0. The Bertz CT molecular complexity index is 274. The van der Waals surface area contributed by atoms with E-state index in [1.807, 2.05) is 0 Å². The third-order valence-electron chi connectivity index (χ3n) is 4.24. The second-order valence-electron chi connectivity index (χ2n) is 6.05. The maximum atomic E-state index is 12.8. The summed E-state index contributed by atoms with van der Waals surface area (Å²) in [5, 5.41) is 3.39. The van der Waals surface area contributed by atoms with E-state index in [2.05, 4.69) is 31.0 Å². The molecule has 1 fully saturated rings. The average Bonchev–Trinajstić information content (AvgIpc) is 2.94. The van der Waals surface area contributed by atoms with Gasteiger partial charge in [0.25, 0.3) is 0 Å². The summed E-state index contributed by atoms with van der Waals surface area (Å²) in [5.41, 5.74) is 0. The van der Waals surface area contributed by atoms with Gasteiger partial charge in [-0.15, -0.1) is 0 Å². The lowest BCUT2D eigenvalue weighted by Crippen LogP contribution is -2.46. The lowest BCUT2D eigenvalue weighted by molar-refractivity contribution is -0.136. The van der Waals surface area contributed by atoms with Gasteiger partial charge < -0.3 is 15.0 Å². The molecule has 1 rings (SSSR count). The highest BCUT2D eigenvalue weighted by atomic mass is 16.5. The first-order chi connectivity index (χ1) is 10.2. The van der Waals surface area contributed by atoms with Gasteiger partial charge in [-0.2, -0.15) is 0 Å². The number of amides is 1. The molecule has 0 radical (unpaired) electrons. The van der Waals surface area contributed by atoms with Crippen LogP contribution < -0.4 is 5.32 Å². The number of nitrogens with zero attached hydrogens (tertiary/aromatic N) is 1. The number of hydrogen-bond donors (Lipinski definition) is 1. The van der Waals surface area contributed by atoms with Crippen molar-refractivity contribution in [1.82, 2.24) is 10.2 Å². The van der Waals surface area contributed by atoms with Crippen molar-refractivity contribution >= 4 is 5.91 Å². The van der Waals surface area contributed by atoms with E-state index in [1.54, 1.807) is 0 Å². The normalized spacial score (nSPS) is 21.7. The molecule has 4 nitrogen and oxygen atoms in total. The SMILES string of the molecule is CCCCCN(CCCCC)C(=O)C1COCC1NCC. The zero-order chi connectivity index (χ0) is 15.5. The van der Waals surface area contributed by atoms with Crippen molar-refractivity contribution in [3.05, 3.63) is 0 Å². The van der Waals surface area contributed by atoms with Gasteiger partial charge in [-0.1, -0.05) is 46.5 Å². The van der Waals surface area contributed by atoms with Gasteiger partial charge in [0.05, 0.1) is 19.1 Å². The number of carbonyl (C=O) groups is 1. The average molecular weight is 298 g/mol. The van der Waals surface area contributed by atoms with E-state index in [4.69, 9.17) is 4.74 Å². The lowest BCUT2D eigenvalue weighted by atomic mass is 10.0. The Hall–Kier alpha value is -0.610. The molecule has 21 heavy (non-hydrogen) atoms. The third-order valence-corrected chi connectivity index (χ3v) is 4.24. The van der Waals surface area contributed by atoms with Gasteiger partial charge in [-0.25, -0.2) is 0 Å². The highest BCUT2D eigenvalue weighted by molar-refractivity contribution is 5.80. The highest BCUT2D eigenvalue weighted by Crippen LogP contribution is 2.18. The topological polar surface area (TPSA) is 41.6 Å². The predicted octanol–water partition coefficient (Wildman–Crippen LogP) is 2.82. The standard InChI is InChI=1S/C17H34N2O2/c1-4-7-9-11-19(12-10-8-5-2)17(20)15-13-21-14-16(15)18-6-3/h15-16,18H,4-14H2,1-3H3. The largest absolute Gasteiger partial charge is 0.379 e. The minimum absolute atomic E-state index is 0.00760. The van der Waals surface area contributed by atoms with Crippen LogP contribution in [0.4, 0.5) is 0 Å². The van der Waals surface area contributed by atoms with Crippen LogP contribution in [0.15, 0.2) is 0 Å². The van der Waals surface area contributed by atoms with Crippen LogP contribution in [0.25, 0.3) is 0 Å². The molecule has 124 valence electrons. The van der Waals surface area contributed by atoms with Crippen molar-refractivity contribution in [2.24, 2.45) is 5.92 Å². The molecule has 1 saturated heterocycles. The van der Waals surface area contributed by atoms with Gasteiger partial charge in [0, 0.05) is 19.1 Å². The fourth-order valence-electron chi connectivity index (χ4n) is 2.93. The zero-order valence-electron chi connectivity index (χ0n) is 14.2. The molecular formula is C17H34N2O2. The molecule has 2 atom stereocenters. The summed E-state index contributed by atoms with van der Waals surface area (Å²) in [6.07, 6.45) is 7.04. The van der Waals surface area contributed by atoms with Crippen molar-refractivity contribution in [2.45, 2.75) is 65.3 Å². The number of hydrogen-bond acceptors (Lipinski definition) is 3. The van der Waals surface area contributed by atoms with Crippen LogP contribution >= 0.6 is 0 Å². The van der Waals surface area contributed by atoms with E-state index in [1.165, 1.54) is 25.7 Å². The quantitative estimate of drug-likeness (QED) is 0.596. The molecule has 0 aromatic heterocycles. The van der Waals surface area contributed by atoms with Crippen molar-refractivity contribution in [1.29, 1.82) is 0 Å². The predicted molar refractivity (Wildman–Crippen MR) is 87.4 cm³/mol. The molecule has 4 heteroatoms. The number of unbranched alkanes of at least 4 members (excludes halogenated alkanes) is 4. The Morgan fingerprint density at radius 3 is 2.19 bits per heavy atom. The summed E-state index contributed by atoms with van der Waals surface area (Å²) in [5.74, 6) is 0.304. The van der Waals surface area contributed by atoms with E-state index < -0.39 is 0 Å². The first-order valence-electron chi connectivity index (χ1n) is 8.84. The zero-order valence-corrected chi connectivity index (χ0v) is 14.2. The Balaban J connectivity index is 2.54. The van der Waals surface area contributed by atoms with Gasteiger partial charge in [0.2, 0.25) is 5.91 Å². The molecule has 0 aliphatic carbocycles. The summed E-state index contributed by atoms with van der Waals surface area (Å²) in [4.78, 5) is 14.9. The van der Waals surface area contributed by atoms with Crippen LogP contribution in [-0.4, -0.2) is 49.7 Å². The Morgan fingerprint density at radius 1 is 1.05 bits per heavy atom. The fraction of sp³-hybridized carbons (Fsp3) is 0.941. The van der Waals surface area contributed by atoms with Crippen LogP contribution in [0, 0.1) is 5.92 Å². The Kier molecular flexibility index (Phi) is 9.68. The second-order valence-corrected chi connectivity index (χ2v) is 6.05. The Morgan fingerprint density at radius 2 is 1.67 bits per heavy atom. The highest BCUT2D eigenvalue weighted by Gasteiger charge is 2.35. The van der Waals surface area contributed by atoms with Gasteiger partial charge in [0.1, 0.15) is 0 Å². The molecule has 1 aliphatic heterocycles. The summed E-state index contributed by atoms with van der Waals surface area (Å²) in [6.45, 7) is 10.4. The molecule has 0 aromatic carbocycles. The molecule has 0 bridgehead atoms. The monoisotopic (exact) mass is 298 g/mol. The first-order valence-corrected chi connectivity index (χ1v) is 8.84. The molecule has 1 heterocycles. The summed E-state index contributed by atoms with van der Waals surface area (Å²) >= 11 is 0. The fourth-order valence-corrected chi connectivity index (χ4v) is 2.93. The number of rotatable bonds is 11. The van der Waals surface area contributed by atoms with Gasteiger partial charge in [-0.3, -0.25) is 4.79 Å². The van der Waals surface area contributed by atoms with Crippen molar-refractivity contribution in [3.8, 4) is 0 Å². The molecule has 1 aliphatic rings. The van der Waals surface area contributed by atoms with E-state index >= 15 is 0 Å². The summed E-state index contributed by atoms with van der Waals surface area (Å²) < 4.78 is 5.53. The van der Waals surface area contributed by atoms with Crippen LogP contribution in [0.5, 0.6) is 0 Å². The van der Waals surface area contributed by atoms with Crippen LogP contribution in [0.2, 0.25) is 0 Å². The van der Waals surface area contributed by atoms with E-state index in [0.717, 1.165) is 32.5 Å². The number of nitrogens with one attached hydrogen (secondary N) is 1. The summed E-state index contributed by atoms with van der Waals surface area (Å²) in [6, 6.07) is 0.197. The van der Waals surface area contributed by atoms with Crippen molar-refractivity contribution < 1.29 is 9.53 Å². The van der Waals surface area contributed by atoms with Gasteiger partial charge in [0.15, 0.2) is 0 Å². The molecule has 2 unspecified atom stereocenters. The number of ether oxygens (including phenoxy) is 1.